The number of aromatic nitrogens is 3. The summed E-state index contributed by atoms with van der Waals surface area (Å²) in [6, 6.07) is 6.07. The third-order valence-electron chi connectivity index (χ3n) is 4.90. The number of carbonyl (C=O) groups is 2. The molecule has 0 saturated carbocycles. The molecule has 0 aliphatic rings. The first-order valence-electron chi connectivity index (χ1n) is 9.60. The van der Waals surface area contributed by atoms with E-state index in [-0.39, 0.29) is 15.4 Å². The van der Waals surface area contributed by atoms with E-state index >= 15 is 0 Å². The van der Waals surface area contributed by atoms with Crippen molar-refractivity contribution in [2.75, 3.05) is 5.32 Å². The molecular weight excluding hydrogens is 456 g/mol. The Hall–Kier alpha value is -3.18. The van der Waals surface area contributed by atoms with Gasteiger partial charge in [-0.1, -0.05) is 0 Å². The van der Waals surface area contributed by atoms with Gasteiger partial charge >= 0.3 is 0 Å². The summed E-state index contributed by atoms with van der Waals surface area (Å²) in [5.41, 5.74) is 6.55. The fourth-order valence-electron chi connectivity index (χ4n) is 3.29. The number of alkyl halides is 2. The van der Waals surface area contributed by atoms with Crippen molar-refractivity contribution in [1.29, 1.82) is 0 Å². The Morgan fingerprint density at radius 2 is 1.94 bits per heavy atom. The van der Waals surface area contributed by atoms with Crippen LogP contribution in [0, 0.1) is 13.8 Å². The number of hydrogen-bond acceptors (Lipinski definition) is 6. The molecule has 4 aromatic heterocycles. The van der Waals surface area contributed by atoms with E-state index in [0.717, 1.165) is 26.8 Å². The molecule has 11 heteroatoms. The highest BCUT2D eigenvalue weighted by Gasteiger charge is 2.27. The average Bonchev–Trinajstić information content (AvgIpc) is 3.45. The smallest absolute Gasteiger partial charge is 0.280 e. The molecule has 0 aliphatic heterocycles. The van der Waals surface area contributed by atoms with Gasteiger partial charge in [0.25, 0.3) is 12.3 Å². The Morgan fingerprint density at radius 1 is 1.19 bits per heavy atom. The van der Waals surface area contributed by atoms with Gasteiger partial charge in [-0.05, 0) is 45.0 Å². The second-order valence-electron chi connectivity index (χ2n) is 7.26. The van der Waals surface area contributed by atoms with Crippen LogP contribution in [0.15, 0.2) is 30.5 Å². The molecule has 4 aromatic rings. The monoisotopic (exact) mass is 475 g/mol. The summed E-state index contributed by atoms with van der Waals surface area (Å²) in [4.78, 5) is 31.2. The minimum atomic E-state index is -2.79. The van der Waals surface area contributed by atoms with Crippen LogP contribution in [0.2, 0.25) is 0 Å². The number of nitrogens with one attached hydrogen (secondary N) is 1. The van der Waals surface area contributed by atoms with Crippen LogP contribution in [0.1, 0.15) is 45.3 Å². The highest BCUT2D eigenvalue weighted by Crippen LogP contribution is 2.44. The molecule has 0 spiro atoms. The van der Waals surface area contributed by atoms with E-state index in [2.05, 4.69) is 15.4 Å². The summed E-state index contributed by atoms with van der Waals surface area (Å²) >= 11 is 2.30. The van der Waals surface area contributed by atoms with E-state index in [0.29, 0.717) is 10.9 Å². The van der Waals surface area contributed by atoms with E-state index in [1.54, 1.807) is 26.1 Å². The van der Waals surface area contributed by atoms with Crippen LogP contribution in [0.25, 0.3) is 20.7 Å². The summed E-state index contributed by atoms with van der Waals surface area (Å²) < 4.78 is 28.6. The van der Waals surface area contributed by atoms with Crippen LogP contribution in [0.3, 0.4) is 0 Å². The van der Waals surface area contributed by atoms with Crippen molar-refractivity contribution >= 4 is 50.4 Å². The number of nitrogens with two attached hydrogens (primary N) is 1. The standard InChI is InChI=1S/C21H19F2N5O2S2/c1-9-6-7-28(27-9)11(3)20(30)26-16-15-12(14-5-4-10(2)31-14)8-13(18(22)23)25-21(15)32-17(16)19(24)29/h4-8,11,18H,1-3H3,(H2,24,29)(H,26,30). The Morgan fingerprint density at radius 3 is 2.50 bits per heavy atom. The van der Waals surface area contributed by atoms with Gasteiger partial charge in [-0.3, -0.25) is 14.3 Å². The van der Waals surface area contributed by atoms with E-state index in [9.17, 15) is 18.4 Å². The second kappa shape index (κ2) is 8.40. The summed E-state index contributed by atoms with van der Waals surface area (Å²) in [6.45, 7) is 5.37. The van der Waals surface area contributed by atoms with Gasteiger partial charge in [0.1, 0.15) is 21.4 Å². The maximum absolute atomic E-state index is 13.5. The fourth-order valence-corrected chi connectivity index (χ4v) is 5.20. The van der Waals surface area contributed by atoms with Crippen LogP contribution < -0.4 is 11.1 Å². The van der Waals surface area contributed by atoms with Crippen LogP contribution in [0.4, 0.5) is 14.5 Å². The number of primary amides is 1. The Balaban J connectivity index is 1.89. The van der Waals surface area contributed by atoms with E-state index in [1.165, 1.54) is 22.1 Å². The number of rotatable bonds is 6. The zero-order valence-electron chi connectivity index (χ0n) is 17.3. The van der Waals surface area contributed by atoms with Crippen molar-refractivity contribution in [3.05, 3.63) is 51.6 Å². The van der Waals surface area contributed by atoms with Gasteiger partial charge in [-0.25, -0.2) is 13.8 Å². The van der Waals surface area contributed by atoms with Gasteiger partial charge in [-0.15, -0.1) is 22.7 Å². The average molecular weight is 476 g/mol. The van der Waals surface area contributed by atoms with Crippen molar-refractivity contribution < 1.29 is 18.4 Å². The molecule has 1 atom stereocenters. The van der Waals surface area contributed by atoms with Crippen LogP contribution >= 0.6 is 22.7 Å². The van der Waals surface area contributed by atoms with E-state index in [1.807, 2.05) is 19.1 Å². The van der Waals surface area contributed by atoms with Crippen LogP contribution in [-0.4, -0.2) is 26.6 Å². The van der Waals surface area contributed by atoms with Gasteiger partial charge in [0.05, 0.1) is 11.4 Å². The predicted octanol–water partition coefficient (Wildman–Crippen LogP) is 5.07. The van der Waals surface area contributed by atoms with Gasteiger partial charge < -0.3 is 11.1 Å². The first-order chi connectivity index (χ1) is 15.2. The van der Waals surface area contributed by atoms with E-state index < -0.39 is 30.0 Å². The maximum Gasteiger partial charge on any atom is 0.280 e. The zero-order chi connectivity index (χ0) is 23.2. The lowest BCUT2D eigenvalue weighted by molar-refractivity contribution is -0.119. The van der Waals surface area contributed by atoms with Crippen molar-refractivity contribution in [3.63, 3.8) is 0 Å². The van der Waals surface area contributed by atoms with Gasteiger partial charge in [-0.2, -0.15) is 5.10 Å². The molecule has 1 unspecified atom stereocenters. The molecule has 166 valence electrons. The Kier molecular flexibility index (Phi) is 5.78. The highest BCUT2D eigenvalue weighted by molar-refractivity contribution is 7.21. The molecule has 0 aliphatic carbocycles. The van der Waals surface area contributed by atoms with Crippen LogP contribution in [0.5, 0.6) is 0 Å². The molecular formula is C21H19F2N5O2S2. The molecule has 0 bridgehead atoms. The number of amides is 2. The quantitative estimate of drug-likeness (QED) is 0.406. The lowest BCUT2D eigenvalue weighted by Gasteiger charge is -2.14. The number of halogens is 2. The minimum Gasteiger partial charge on any atom is -0.365 e. The predicted molar refractivity (Wildman–Crippen MR) is 121 cm³/mol. The van der Waals surface area contributed by atoms with E-state index in [4.69, 9.17) is 5.73 Å². The summed E-state index contributed by atoms with van der Waals surface area (Å²) in [6.07, 6.45) is -1.11. The molecule has 4 rings (SSSR count). The molecule has 32 heavy (non-hydrogen) atoms. The Bertz CT molecular complexity index is 1340. The van der Waals surface area contributed by atoms with Crippen molar-refractivity contribution in [1.82, 2.24) is 14.8 Å². The normalized spacial score (nSPS) is 12.4. The number of aryl methyl sites for hydroxylation is 2. The molecule has 0 saturated heterocycles. The highest BCUT2D eigenvalue weighted by atomic mass is 32.1. The number of pyridine rings is 1. The molecule has 4 heterocycles. The maximum atomic E-state index is 13.5. The number of thiophene rings is 2. The number of nitrogens with zero attached hydrogens (tertiary/aromatic N) is 3. The fraction of sp³-hybridized carbons (Fsp3) is 0.238. The molecule has 3 N–H and O–H groups in total. The largest absolute Gasteiger partial charge is 0.365 e. The zero-order valence-corrected chi connectivity index (χ0v) is 19.0. The topological polar surface area (TPSA) is 103 Å². The minimum absolute atomic E-state index is 0.0469. The van der Waals surface area contributed by atoms with Crippen molar-refractivity contribution in [2.45, 2.75) is 33.2 Å². The summed E-state index contributed by atoms with van der Waals surface area (Å²) in [5.74, 6) is -1.21. The molecule has 0 fully saturated rings. The summed E-state index contributed by atoms with van der Waals surface area (Å²) in [5, 5.41) is 7.44. The van der Waals surface area contributed by atoms with Crippen LogP contribution in [-0.2, 0) is 4.79 Å². The Labute approximate surface area is 189 Å². The van der Waals surface area contributed by atoms with Gasteiger partial charge in [0.2, 0.25) is 5.91 Å². The third kappa shape index (κ3) is 4.00. The van der Waals surface area contributed by atoms with Gasteiger partial charge in [0, 0.05) is 26.9 Å². The first-order valence-corrected chi connectivity index (χ1v) is 11.2. The SMILES string of the molecule is Cc1ccn(C(C)C(=O)Nc2c(C(N)=O)sc3nc(C(F)F)cc(-c4ccc(C)s4)c23)n1. The first kappa shape index (κ1) is 22.0. The van der Waals surface area contributed by atoms with Gasteiger partial charge in [0.15, 0.2) is 0 Å². The molecule has 0 aromatic carbocycles. The number of fused-ring (bicyclic) bond motifs is 1. The number of hydrogen-bond donors (Lipinski definition) is 2. The number of carbonyl (C=O) groups excluding carboxylic acids is 2. The lowest BCUT2D eigenvalue weighted by atomic mass is 10.1. The summed E-state index contributed by atoms with van der Waals surface area (Å²) in [7, 11) is 0. The molecule has 0 radical (unpaired) electrons. The van der Waals surface area contributed by atoms with Crippen molar-refractivity contribution in [3.8, 4) is 10.4 Å². The van der Waals surface area contributed by atoms with Crippen molar-refractivity contribution in [2.24, 2.45) is 5.73 Å². The molecule has 2 amide bonds. The number of anilines is 1. The molecule has 7 nitrogen and oxygen atoms in total. The third-order valence-corrected chi connectivity index (χ3v) is 7.03. The second-order valence-corrected chi connectivity index (χ2v) is 9.55. The lowest BCUT2D eigenvalue weighted by Crippen LogP contribution is -2.25.